The molecule has 1 fully saturated rings. The molecule has 1 aromatic carbocycles. The van der Waals surface area contributed by atoms with Crippen LogP contribution in [-0.4, -0.2) is 42.8 Å². The van der Waals surface area contributed by atoms with Crippen LogP contribution < -0.4 is 0 Å². The van der Waals surface area contributed by atoms with Gasteiger partial charge >= 0.3 is 5.97 Å². The van der Waals surface area contributed by atoms with E-state index in [0.717, 1.165) is 0 Å². The van der Waals surface area contributed by atoms with Crippen molar-refractivity contribution in [2.24, 2.45) is 5.92 Å². The van der Waals surface area contributed by atoms with E-state index in [-0.39, 0.29) is 36.9 Å². The van der Waals surface area contributed by atoms with Crippen LogP contribution in [0.4, 0.5) is 4.39 Å². The number of rotatable bonds is 3. The van der Waals surface area contributed by atoms with Gasteiger partial charge in [0.2, 0.25) is 5.91 Å². The summed E-state index contributed by atoms with van der Waals surface area (Å²) >= 11 is 0. The van der Waals surface area contributed by atoms with Crippen LogP contribution in [0, 0.1) is 11.7 Å². The monoisotopic (exact) mass is 293 g/mol. The van der Waals surface area contributed by atoms with Crippen LogP contribution >= 0.6 is 0 Å². The number of carbonyl (C=O) groups excluding carboxylic acids is 3. The number of piperidine rings is 1. The Morgan fingerprint density at radius 3 is 2.57 bits per heavy atom. The van der Waals surface area contributed by atoms with E-state index in [2.05, 4.69) is 4.74 Å². The lowest BCUT2D eigenvalue weighted by atomic mass is 9.95. The maximum atomic E-state index is 12.8. The van der Waals surface area contributed by atoms with Crippen molar-refractivity contribution in [3.63, 3.8) is 0 Å². The molecule has 1 aliphatic rings. The van der Waals surface area contributed by atoms with Crippen molar-refractivity contribution in [1.82, 2.24) is 4.90 Å². The topological polar surface area (TPSA) is 63.7 Å². The zero-order valence-corrected chi connectivity index (χ0v) is 11.7. The number of carbonyl (C=O) groups is 3. The van der Waals surface area contributed by atoms with Crippen molar-refractivity contribution in [2.45, 2.75) is 12.8 Å². The summed E-state index contributed by atoms with van der Waals surface area (Å²) in [5, 5.41) is 0. The third kappa shape index (κ3) is 3.65. The number of hydrogen-bond donors (Lipinski definition) is 0. The molecule has 1 heterocycles. The van der Waals surface area contributed by atoms with Crippen molar-refractivity contribution in [3.8, 4) is 0 Å². The number of Topliss-reactive ketones (excluding diaryl/α,β-unsaturated/α-hetero) is 1. The first-order chi connectivity index (χ1) is 10.0. The molecule has 0 radical (unpaired) electrons. The molecule has 6 heteroatoms. The maximum absolute atomic E-state index is 12.8. The van der Waals surface area contributed by atoms with Crippen LogP contribution in [-0.2, 0) is 25.5 Å². The van der Waals surface area contributed by atoms with Crippen LogP contribution in [0.15, 0.2) is 24.3 Å². The zero-order chi connectivity index (χ0) is 15.4. The summed E-state index contributed by atoms with van der Waals surface area (Å²) in [6.45, 7) is 0.255. The summed E-state index contributed by atoms with van der Waals surface area (Å²) in [7, 11) is 1.24. The molecule has 1 unspecified atom stereocenters. The zero-order valence-electron chi connectivity index (χ0n) is 11.7. The lowest BCUT2D eigenvalue weighted by Gasteiger charge is -2.29. The second kappa shape index (κ2) is 6.47. The second-order valence-corrected chi connectivity index (χ2v) is 4.95. The molecule has 1 aliphatic heterocycles. The first-order valence-corrected chi connectivity index (χ1v) is 6.64. The van der Waals surface area contributed by atoms with Gasteiger partial charge in [-0.1, -0.05) is 12.1 Å². The number of methoxy groups -OCH3 is 1. The predicted molar refractivity (Wildman–Crippen MR) is 71.8 cm³/mol. The molecule has 0 aliphatic carbocycles. The maximum Gasteiger partial charge on any atom is 0.316 e. The quantitative estimate of drug-likeness (QED) is 0.615. The number of benzene rings is 1. The minimum atomic E-state index is -0.773. The van der Waals surface area contributed by atoms with Crippen molar-refractivity contribution in [3.05, 3.63) is 35.6 Å². The molecule has 1 amide bonds. The predicted octanol–water partition coefficient (Wildman–Crippen LogP) is 0.959. The van der Waals surface area contributed by atoms with Crippen LogP contribution in [0.3, 0.4) is 0 Å². The molecule has 5 nitrogen and oxygen atoms in total. The Labute approximate surface area is 121 Å². The van der Waals surface area contributed by atoms with E-state index in [1.807, 2.05) is 0 Å². The largest absolute Gasteiger partial charge is 0.468 e. The van der Waals surface area contributed by atoms with Gasteiger partial charge in [0, 0.05) is 6.54 Å². The molecular weight excluding hydrogens is 277 g/mol. The highest BCUT2D eigenvalue weighted by Crippen LogP contribution is 2.16. The Morgan fingerprint density at radius 1 is 1.33 bits per heavy atom. The number of ketones is 1. The van der Waals surface area contributed by atoms with E-state index in [9.17, 15) is 18.8 Å². The van der Waals surface area contributed by atoms with E-state index < -0.39 is 11.9 Å². The van der Waals surface area contributed by atoms with E-state index in [0.29, 0.717) is 12.1 Å². The molecule has 21 heavy (non-hydrogen) atoms. The van der Waals surface area contributed by atoms with Crippen LogP contribution in [0.1, 0.15) is 12.0 Å². The summed E-state index contributed by atoms with van der Waals surface area (Å²) in [5.41, 5.74) is 0.684. The van der Waals surface area contributed by atoms with Crippen molar-refractivity contribution in [1.29, 1.82) is 0 Å². The molecule has 112 valence electrons. The van der Waals surface area contributed by atoms with Crippen molar-refractivity contribution < 1.29 is 23.5 Å². The van der Waals surface area contributed by atoms with E-state index in [1.165, 1.54) is 36.3 Å². The van der Waals surface area contributed by atoms with Gasteiger partial charge in [0.25, 0.3) is 0 Å². The average Bonchev–Trinajstić information content (AvgIpc) is 2.48. The number of ether oxygens (including phenoxy) is 1. The van der Waals surface area contributed by atoms with Crippen LogP contribution in [0.2, 0.25) is 0 Å². The molecule has 0 saturated carbocycles. The SMILES string of the molecule is COC(=O)C1CCN(C(=O)Cc2ccc(F)cc2)CC1=O. The van der Waals surface area contributed by atoms with Gasteiger partial charge in [-0.25, -0.2) is 4.39 Å². The van der Waals surface area contributed by atoms with Gasteiger partial charge in [0.15, 0.2) is 5.78 Å². The van der Waals surface area contributed by atoms with Gasteiger partial charge in [0.05, 0.1) is 20.1 Å². The molecule has 1 aromatic rings. The van der Waals surface area contributed by atoms with E-state index >= 15 is 0 Å². The Hall–Kier alpha value is -2.24. The number of halogens is 1. The Bertz CT molecular complexity index is 555. The number of likely N-dealkylation sites (tertiary alicyclic amines) is 1. The summed E-state index contributed by atoms with van der Waals surface area (Å²) in [6.07, 6.45) is 0.386. The van der Waals surface area contributed by atoms with Gasteiger partial charge in [0.1, 0.15) is 11.7 Å². The molecule has 0 spiro atoms. The van der Waals surface area contributed by atoms with Gasteiger partial charge in [-0.3, -0.25) is 14.4 Å². The Balaban J connectivity index is 1.94. The number of nitrogens with zero attached hydrogens (tertiary/aromatic N) is 1. The van der Waals surface area contributed by atoms with Crippen LogP contribution in [0.25, 0.3) is 0 Å². The summed E-state index contributed by atoms with van der Waals surface area (Å²) in [4.78, 5) is 36.8. The second-order valence-electron chi connectivity index (χ2n) is 4.95. The molecule has 1 saturated heterocycles. The van der Waals surface area contributed by atoms with Gasteiger partial charge in [-0.15, -0.1) is 0 Å². The fourth-order valence-corrected chi connectivity index (χ4v) is 2.32. The highest BCUT2D eigenvalue weighted by molar-refractivity contribution is 6.02. The Kier molecular flexibility index (Phi) is 4.67. The van der Waals surface area contributed by atoms with Gasteiger partial charge in [-0.2, -0.15) is 0 Å². The van der Waals surface area contributed by atoms with Gasteiger partial charge in [-0.05, 0) is 24.1 Å². The molecule has 1 atom stereocenters. The minimum Gasteiger partial charge on any atom is -0.468 e. The van der Waals surface area contributed by atoms with Gasteiger partial charge < -0.3 is 9.64 Å². The summed E-state index contributed by atoms with van der Waals surface area (Å²) in [5.74, 6) is -2.20. The lowest BCUT2D eigenvalue weighted by molar-refractivity contribution is -0.154. The molecule has 0 N–H and O–H groups in total. The first-order valence-electron chi connectivity index (χ1n) is 6.64. The number of esters is 1. The van der Waals surface area contributed by atoms with E-state index in [1.54, 1.807) is 0 Å². The smallest absolute Gasteiger partial charge is 0.316 e. The molecular formula is C15H16FNO4. The van der Waals surface area contributed by atoms with Crippen molar-refractivity contribution >= 4 is 17.7 Å². The fourth-order valence-electron chi connectivity index (χ4n) is 2.32. The fraction of sp³-hybridized carbons (Fsp3) is 0.400. The highest BCUT2D eigenvalue weighted by Gasteiger charge is 2.34. The normalized spacial score (nSPS) is 18.5. The summed E-state index contributed by atoms with van der Waals surface area (Å²) < 4.78 is 17.4. The first kappa shape index (κ1) is 15.2. The molecule has 2 rings (SSSR count). The summed E-state index contributed by atoms with van der Waals surface area (Å²) in [6, 6.07) is 5.65. The highest BCUT2D eigenvalue weighted by atomic mass is 19.1. The van der Waals surface area contributed by atoms with E-state index in [4.69, 9.17) is 0 Å². The lowest BCUT2D eigenvalue weighted by Crippen LogP contribution is -2.47. The van der Waals surface area contributed by atoms with Crippen molar-refractivity contribution in [2.75, 3.05) is 20.2 Å². The Morgan fingerprint density at radius 2 is 2.00 bits per heavy atom. The molecule has 0 bridgehead atoms. The minimum absolute atomic E-state index is 0.0835. The number of amides is 1. The third-order valence-electron chi connectivity index (χ3n) is 3.53. The third-order valence-corrected chi connectivity index (χ3v) is 3.53. The molecule has 0 aromatic heterocycles. The number of hydrogen-bond acceptors (Lipinski definition) is 4. The van der Waals surface area contributed by atoms with Crippen LogP contribution in [0.5, 0.6) is 0 Å². The average molecular weight is 293 g/mol. The standard InChI is InChI=1S/C15H16FNO4/c1-21-15(20)12-6-7-17(9-13(12)18)14(19)8-10-2-4-11(16)5-3-10/h2-5,12H,6-9H2,1H3.